The van der Waals surface area contributed by atoms with Crippen molar-refractivity contribution in [1.82, 2.24) is 0 Å². The third-order valence-electron chi connectivity index (χ3n) is 4.26. The van der Waals surface area contributed by atoms with Gasteiger partial charge in [-0.2, -0.15) is 0 Å². The quantitative estimate of drug-likeness (QED) is 0.732. The first-order valence-corrected chi connectivity index (χ1v) is 8.20. The Morgan fingerprint density at radius 3 is 2.52 bits per heavy atom. The second-order valence-corrected chi connectivity index (χ2v) is 6.17. The van der Waals surface area contributed by atoms with Gasteiger partial charge >= 0.3 is 0 Å². The van der Waals surface area contributed by atoms with Crippen LogP contribution in [-0.2, 0) is 5.60 Å². The number of Topliss-reactive ketones (excluding diaryl/α,β-unsaturated/α-hetero) is 1. The minimum atomic E-state index is -1.05. The van der Waals surface area contributed by atoms with Gasteiger partial charge < -0.3 is 20.1 Å². The van der Waals surface area contributed by atoms with E-state index in [1.807, 2.05) is 12.2 Å². The largest absolute Gasteiger partial charge is 0.508 e. The highest BCUT2D eigenvalue weighted by Gasteiger charge is 2.41. The second-order valence-electron chi connectivity index (χ2n) is 6.17. The molecule has 0 bridgehead atoms. The molecule has 3 N–H and O–H groups in total. The molecule has 0 spiro atoms. The van der Waals surface area contributed by atoms with E-state index in [4.69, 9.17) is 4.74 Å². The molecule has 1 unspecified atom stereocenters. The fraction of sp³-hybridized carbons (Fsp3) is 0.250. The first-order chi connectivity index (χ1) is 11.9. The van der Waals surface area contributed by atoms with Crippen LogP contribution in [0.3, 0.4) is 0 Å². The van der Waals surface area contributed by atoms with E-state index in [2.05, 4.69) is 6.92 Å². The lowest BCUT2D eigenvalue weighted by molar-refractivity contribution is 0.0643. The van der Waals surface area contributed by atoms with Gasteiger partial charge in [-0.1, -0.05) is 31.6 Å². The first kappa shape index (κ1) is 16.9. The molecule has 1 aliphatic heterocycles. The average Bonchev–Trinajstić information content (AvgIpc) is 2.54. The Hall–Kier alpha value is -2.95. The predicted octanol–water partition coefficient (Wildman–Crippen LogP) is 4.02. The number of ether oxygens (including phenoxy) is 1. The van der Waals surface area contributed by atoms with Gasteiger partial charge in [0.15, 0.2) is 11.4 Å². The number of phenols is 3. The zero-order valence-corrected chi connectivity index (χ0v) is 13.9. The number of allylic oxidation sites excluding steroid dienone is 1. The van der Waals surface area contributed by atoms with Crippen molar-refractivity contribution in [1.29, 1.82) is 0 Å². The zero-order chi connectivity index (χ0) is 18.0. The molecule has 0 radical (unpaired) electrons. The Balaban J connectivity index is 2.12. The van der Waals surface area contributed by atoms with Crippen LogP contribution in [0.15, 0.2) is 48.6 Å². The molecule has 130 valence electrons. The van der Waals surface area contributed by atoms with Crippen LogP contribution >= 0.6 is 0 Å². The number of hydrogen-bond donors (Lipinski definition) is 3. The maximum Gasteiger partial charge on any atom is 0.175 e. The zero-order valence-electron chi connectivity index (χ0n) is 13.9. The minimum absolute atomic E-state index is 0.0172. The van der Waals surface area contributed by atoms with Crippen molar-refractivity contribution in [3.63, 3.8) is 0 Å². The summed E-state index contributed by atoms with van der Waals surface area (Å²) in [5.74, 6) is -0.481. The number of hydrogen-bond acceptors (Lipinski definition) is 5. The number of rotatable bonds is 4. The van der Waals surface area contributed by atoms with E-state index in [1.165, 1.54) is 18.2 Å². The van der Waals surface area contributed by atoms with Gasteiger partial charge in [-0.3, -0.25) is 4.79 Å². The molecule has 0 aliphatic carbocycles. The molecule has 0 fully saturated rings. The van der Waals surface area contributed by atoms with E-state index in [0.717, 1.165) is 18.9 Å². The van der Waals surface area contributed by atoms with Crippen molar-refractivity contribution in [3.05, 3.63) is 59.7 Å². The van der Waals surface area contributed by atoms with Crippen LogP contribution in [0.1, 0.15) is 42.1 Å². The standard InChI is InChI=1S/C20H20O5/c1-2-3-4-9-20(13-5-7-14(21)8-6-13)12-17(24)19-16(23)10-15(22)11-18(19)25-20/h4-11,21-23H,2-3,12H2,1H3/b9-4+. The van der Waals surface area contributed by atoms with Gasteiger partial charge in [-0.15, -0.1) is 0 Å². The SMILES string of the molecule is CCC/C=C/C1(c2ccc(O)cc2)CC(=O)c2c(O)cc(O)cc2O1. The summed E-state index contributed by atoms with van der Waals surface area (Å²) in [6.45, 7) is 2.05. The fourth-order valence-electron chi connectivity index (χ4n) is 3.04. The first-order valence-electron chi connectivity index (χ1n) is 8.20. The summed E-state index contributed by atoms with van der Waals surface area (Å²) < 4.78 is 6.11. The van der Waals surface area contributed by atoms with Crippen molar-refractivity contribution >= 4 is 5.78 Å². The van der Waals surface area contributed by atoms with Crippen molar-refractivity contribution in [2.75, 3.05) is 0 Å². The third kappa shape index (κ3) is 3.18. The average molecular weight is 340 g/mol. The minimum Gasteiger partial charge on any atom is -0.508 e. The van der Waals surface area contributed by atoms with E-state index in [-0.39, 0.29) is 40.8 Å². The van der Waals surface area contributed by atoms with Gasteiger partial charge in [0.2, 0.25) is 0 Å². The Kier molecular flexibility index (Phi) is 4.40. The Morgan fingerprint density at radius 1 is 1.12 bits per heavy atom. The number of unbranched alkanes of at least 4 members (excludes halogenated alkanes) is 1. The van der Waals surface area contributed by atoms with Crippen molar-refractivity contribution < 1.29 is 24.9 Å². The topological polar surface area (TPSA) is 87.0 Å². The summed E-state index contributed by atoms with van der Waals surface area (Å²) in [6, 6.07) is 8.93. The van der Waals surface area contributed by atoms with Crippen LogP contribution < -0.4 is 4.74 Å². The highest BCUT2D eigenvalue weighted by Crippen LogP contribution is 2.45. The lowest BCUT2D eigenvalue weighted by Gasteiger charge is -2.36. The van der Waals surface area contributed by atoms with Crippen molar-refractivity contribution in [3.8, 4) is 23.0 Å². The molecule has 1 aliphatic rings. The van der Waals surface area contributed by atoms with Crippen molar-refractivity contribution in [2.45, 2.75) is 31.8 Å². The Morgan fingerprint density at radius 2 is 1.84 bits per heavy atom. The molecule has 3 rings (SSSR count). The molecule has 0 saturated carbocycles. The van der Waals surface area contributed by atoms with Gasteiger partial charge in [0.25, 0.3) is 0 Å². The van der Waals surface area contributed by atoms with E-state index < -0.39 is 5.60 Å². The highest BCUT2D eigenvalue weighted by atomic mass is 16.5. The second kappa shape index (κ2) is 6.51. The monoisotopic (exact) mass is 340 g/mol. The summed E-state index contributed by atoms with van der Waals surface area (Å²) in [4.78, 5) is 12.7. The highest BCUT2D eigenvalue weighted by molar-refractivity contribution is 6.03. The fourth-order valence-corrected chi connectivity index (χ4v) is 3.04. The number of aromatic hydroxyl groups is 3. The number of carbonyl (C=O) groups is 1. The Labute approximate surface area is 145 Å². The maximum atomic E-state index is 12.7. The van der Waals surface area contributed by atoms with E-state index in [0.29, 0.717) is 5.56 Å². The lowest BCUT2D eigenvalue weighted by Crippen LogP contribution is -2.37. The molecule has 1 heterocycles. The summed E-state index contributed by atoms with van der Waals surface area (Å²) in [5, 5.41) is 29.3. The third-order valence-corrected chi connectivity index (χ3v) is 4.26. The van der Waals surface area contributed by atoms with E-state index in [9.17, 15) is 20.1 Å². The molecule has 2 aromatic carbocycles. The summed E-state index contributed by atoms with van der Waals surface area (Å²) >= 11 is 0. The van der Waals surface area contributed by atoms with Gasteiger partial charge in [0.1, 0.15) is 28.6 Å². The van der Waals surface area contributed by atoms with Crippen molar-refractivity contribution in [2.24, 2.45) is 0 Å². The van der Waals surface area contributed by atoms with Crippen LogP contribution in [0.4, 0.5) is 0 Å². The maximum absolute atomic E-state index is 12.7. The van der Waals surface area contributed by atoms with Gasteiger partial charge in [0.05, 0.1) is 6.42 Å². The number of ketones is 1. The molecule has 0 amide bonds. The summed E-state index contributed by atoms with van der Waals surface area (Å²) in [5.41, 5.74) is -0.261. The summed E-state index contributed by atoms with van der Waals surface area (Å²) in [6.07, 6.45) is 5.59. The number of benzene rings is 2. The number of carbonyl (C=O) groups excluding carboxylic acids is 1. The smallest absolute Gasteiger partial charge is 0.175 e. The molecular formula is C20H20O5. The van der Waals surface area contributed by atoms with Crippen LogP contribution in [0, 0.1) is 0 Å². The van der Waals surface area contributed by atoms with Crippen LogP contribution in [-0.4, -0.2) is 21.1 Å². The van der Waals surface area contributed by atoms with Crippen LogP contribution in [0.5, 0.6) is 23.0 Å². The van der Waals surface area contributed by atoms with E-state index in [1.54, 1.807) is 12.1 Å². The van der Waals surface area contributed by atoms with E-state index >= 15 is 0 Å². The molecule has 1 atom stereocenters. The lowest BCUT2D eigenvalue weighted by atomic mass is 9.83. The van der Waals surface area contributed by atoms with Crippen LogP contribution in [0.25, 0.3) is 0 Å². The van der Waals surface area contributed by atoms with Gasteiger partial charge in [0, 0.05) is 17.7 Å². The predicted molar refractivity (Wildman–Crippen MR) is 93.2 cm³/mol. The number of fused-ring (bicyclic) bond motifs is 1. The molecule has 2 aromatic rings. The molecule has 25 heavy (non-hydrogen) atoms. The molecule has 0 saturated heterocycles. The molecule has 5 nitrogen and oxygen atoms in total. The summed E-state index contributed by atoms with van der Waals surface area (Å²) in [7, 11) is 0. The van der Waals surface area contributed by atoms with Crippen LogP contribution in [0.2, 0.25) is 0 Å². The Bertz CT molecular complexity index is 823. The normalized spacial score (nSPS) is 19.6. The van der Waals surface area contributed by atoms with Gasteiger partial charge in [-0.05, 0) is 24.6 Å². The number of phenolic OH excluding ortho intramolecular Hbond substituents is 3. The molecule has 0 aromatic heterocycles. The molecule has 5 heteroatoms. The molecular weight excluding hydrogens is 320 g/mol. The van der Waals surface area contributed by atoms with Gasteiger partial charge in [-0.25, -0.2) is 0 Å².